The van der Waals surface area contributed by atoms with Crippen LogP contribution in [0.4, 0.5) is 14.9 Å². The Hall–Kier alpha value is -3.93. The molecule has 4 rings (SSSR count). The van der Waals surface area contributed by atoms with Crippen LogP contribution in [-0.4, -0.2) is 16.2 Å². The molecule has 1 heterocycles. The predicted octanol–water partition coefficient (Wildman–Crippen LogP) is 5.35. The van der Waals surface area contributed by atoms with Gasteiger partial charge in [0, 0.05) is 16.5 Å². The number of anilines is 1. The van der Waals surface area contributed by atoms with Gasteiger partial charge in [-0.2, -0.15) is 0 Å². The highest BCUT2D eigenvalue weighted by molar-refractivity contribution is 5.97. The fourth-order valence-corrected chi connectivity index (χ4v) is 3.12. The van der Waals surface area contributed by atoms with Gasteiger partial charge < -0.3 is 15.6 Å². The SMILES string of the molecule is Nc1c(-c2ccc(-c3ccccc3F)cc2)nc2ccccc2c1OC(=O)O. The number of hydrogen-bond donors (Lipinski definition) is 2. The zero-order chi connectivity index (χ0) is 19.7. The Morgan fingerprint density at radius 2 is 1.57 bits per heavy atom. The topological polar surface area (TPSA) is 85.4 Å². The Labute approximate surface area is 159 Å². The van der Waals surface area contributed by atoms with E-state index in [4.69, 9.17) is 15.6 Å². The van der Waals surface area contributed by atoms with Gasteiger partial charge in [0.15, 0.2) is 5.75 Å². The van der Waals surface area contributed by atoms with Crippen LogP contribution < -0.4 is 10.5 Å². The molecule has 3 aromatic carbocycles. The van der Waals surface area contributed by atoms with Gasteiger partial charge in [-0.05, 0) is 23.8 Å². The Bertz CT molecular complexity index is 1190. The Morgan fingerprint density at radius 1 is 0.929 bits per heavy atom. The molecule has 0 aliphatic heterocycles. The van der Waals surface area contributed by atoms with Gasteiger partial charge in [-0.15, -0.1) is 0 Å². The second kappa shape index (κ2) is 7.00. The first kappa shape index (κ1) is 17.5. The van der Waals surface area contributed by atoms with Gasteiger partial charge in [0.05, 0.1) is 11.2 Å². The van der Waals surface area contributed by atoms with Crippen LogP contribution >= 0.6 is 0 Å². The number of carboxylic acid groups (broad SMARTS) is 1. The lowest BCUT2D eigenvalue weighted by Crippen LogP contribution is -2.07. The number of halogens is 1. The third-order valence-corrected chi connectivity index (χ3v) is 4.41. The van der Waals surface area contributed by atoms with E-state index in [0.717, 1.165) is 0 Å². The van der Waals surface area contributed by atoms with Crippen molar-refractivity contribution >= 4 is 22.7 Å². The maximum atomic E-state index is 14.0. The van der Waals surface area contributed by atoms with Crippen LogP contribution in [0.3, 0.4) is 0 Å². The Morgan fingerprint density at radius 3 is 2.29 bits per heavy atom. The minimum atomic E-state index is -1.45. The van der Waals surface area contributed by atoms with E-state index in [1.54, 1.807) is 66.7 Å². The lowest BCUT2D eigenvalue weighted by atomic mass is 10.0. The van der Waals surface area contributed by atoms with Crippen molar-refractivity contribution in [3.63, 3.8) is 0 Å². The molecule has 0 amide bonds. The number of pyridine rings is 1. The minimum absolute atomic E-state index is 0.0475. The van der Waals surface area contributed by atoms with Crippen molar-refractivity contribution < 1.29 is 19.0 Å². The molecule has 28 heavy (non-hydrogen) atoms. The zero-order valence-electron chi connectivity index (χ0n) is 14.6. The second-order valence-corrected chi connectivity index (χ2v) is 6.15. The Balaban J connectivity index is 1.84. The molecule has 0 saturated carbocycles. The molecule has 0 unspecified atom stereocenters. The Kier molecular flexibility index (Phi) is 4.37. The molecule has 0 spiro atoms. The van der Waals surface area contributed by atoms with Gasteiger partial charge in [0.1, 0.15) is 11.5 Å². The minimum Gasteiger partial charge on any atom is -0.449 e. The largest absolute Gasteiger partial charge is 0.511 e. The second-order valence-electron chi connectivity index (χ2n) is 6.15. The fraction of sp³-hybridized carbons (Fsp3) is 0. The van der Waals surface area contributed by atoms with Crippen LogP contribution in [0, 0.1) is 5.82 Å². The predicted molar refractivity (Wildman–Crippen MR) is 106 cm³/mol. The summed E-state index contributed by atoms with van der Waals surface area (Å²) in [6, 6.07) is 20.6. The first-order chi connectivity index (χ1) is 13.5. The van der Waals surface area contributed by atoms with Gasteiger partial charge in [-0.25, -0.2) is 14.2 Å². The highest BCUT2D eigenvalue weighted by Gasteiger charge is 2.18. The molecule has 0 aliphatic rings. The monoisotopic (exact) mass is 374 g/mol. The number of para-hydroxylation sites is 1. The number of nitrogen functional groups attached to an aromatic ring is 1. The van der Waals surface area contributed by atoms with E-state index in [-0.39, 0.29) is 17.3 Å². The first-order valence-corrected chi connectivity index (χ1v) is 8.49. The molecule has 4 aromatic rings. The highest BCUT2D eigenvalue weighted by atomic mass is 19.1. The number of aromatic nitrogens is 1. The normalized spacial score (nSPS) is 10.8. The van der Waals surface area contributed by atoms with E-state index >= 15 is 0 Å². The summed E-state index contributed by atoms with van der Waals surface area (Å²) in [5.41, 5.74) is 9.14. The van der Waals surface area contributed by atoms with E-state index in [1.165, 1.54) is 6.07 Å². The first-order valence-electron chi connectivity index (χ1n) is 8.49. The van der Waals surface area contributed by atoms with E-state index < -0.39 is 6.16 Å². The summed E-state index contributed by atoms with van der Waals surface area (Å²) >= 11 is 0. The molecule has 0 bridgehead atoms. The average Bonchev–Trinajstić information content (AvgIpc) is 2.70. The van der Waals surface area contributed by atoms with Gasteiger partial charge in [0.25, 0.3) is 0 Å². The molecule has 0 aliphatic carbocycles. The van der Waals surface area contributed by atoms with Gasteiger partial charge in [-0.1, -0.05) is 54.6 Å². The molecule has 3 N–H and O–H groups in total. The van der Waals surface area contributed by atoms with Crippen molar-refractivity contribution in [1.29, 1.82) is 0 Å². The fourth-order valence-electron chi connectivity index (χ4n) is 3.12. The molecule has 1 aromatic heterocycles. The van der Waals surface area contributed by atoms with Crippen LogP contribution in [0.25, 0.3) is 33.3 Å². The molecule has 0 atom stereocenters. The molecule has 138 valence electrons. The van der Waals surface area contributed by atoms with Crippen molar-refractivity contribution in [2.45, 2.75) is 0 Å². The van der Waals surface area contributed by atoms with E-state index in [2.05, 4.69) is 4.98 Å². The third-order valence-electron chi connectivity index (χ3n) is 4.41. The van der Waals surface area contributed by atoms with Crippen molar-refractivity contribution in [3.05, 3.63) is 78.6 Å². The van der Waals surface area contributed by atoms with Crippen molar-refractivity contribution in [2.75, 3.05) is 5.73 Å². The van der Waals surface area contributed by atoms with Crippen molar-refractivity contribution in [3.8, 4) is 28.1 Å². The number of rotatable bonds is 3. The van der Waals surface area contributed by atoms with E-state index in [0.29, 0.717) is 33.3 Å². The summed E-state index contributed by atoms with van der Waals surface area (Å²) in [7, 11) is 0. The zero-order valence-corrected chi connectivity index (χ0v) is 14.6. The van der Waals surface area contributed by atoms with Crippen molar-refractivity contribution in [2.24, 2.45) is 0 Å². The number of benzene rings is 3. The molecule has 5 nitrogen and oxygen atoms in total. The lowest BCUT2D eigenvalue weighted by Gasteiger charge is -2.13. The standard InChI is InChI=1S/C22H15FN2O3/c23-17-7-3-1-5-15(17)13-9-11-14(12-10-13)20-19(24)21(28-22(26)27)16-6-2-4-8-18(16)25-20/h1-12H,24H2,(H,26,27). The number of hydrogen-bond acceptors (Lipinski definition) is 4. The number of nitrogens with zero attached hydrogens (tertiary/aromatic N) is 1. The summed E-state index contributed by atoms with van der Waals surface area (Å²) in [5.74, 6) is -0.262. The quantitative estimate of drug-likeness (QED) is 0.472. The summed E-state index contributed by atoms with van der Waals surface area (Å²) in [4.78, 5) is 15.7. The molecular formula is C22H15FN2O3. The molecule has 0 radical (unpaired) electrons. The van der Waals surface area contributed by atoms with E-state index in [1.807, 2.05) is 0 Å². The summed E-state index contributed by atoms with van der Waals surface area (Å²) in [6.45, 7) is 0. The van der Waals surface area contributed by atoms with Gasteiger partial charge in [-0.3, -0.25) is 0 Å². The molecule has 0 fully saturated rings. The summed E-state index contributed by atoms with van der Waals surface area (Å²) in [5, 5.41) is 9.58. The average molecular weight is 374 g/mol. The lowest BCUT2D eigenvalue weighted by molar-refractivity contribution is 0.145. The third kappa shape index (κ3) is 3.12. The number of ether oxygens (including phenoxy) is 1. The molecular weight excluding hydrogens is 359 g/mol. The van der Waals surface area contributed by atoms with Crippen LogP contribution in [0.5, 0.6) is 5.75 Å². The highest BCUT2D eigenvalue weighted by Crippen LogP contribution is 2.38. The summed E-state index contributed by atoms with van der Waals surface area (Å²) < 4.78 is 18.9. The van der Waals surface area contributed by atoms with Crippen LogP contribution in [0.15, 0.2) is 72.8 Å². The van der Waals surface area contributed by atoms with Crippen molar-refractivity contribution in [1.82, 2.24) is 4.98 Å². The van der Waals surface area contributed by atoms with Gasteiger partial charge in [0.2, 0.25) is 0 Å². The number of fused-ring (bicyclic) bond motifs is 1. The smallest absolute Gasteiger partial charge is 0.449 e. The van der Waals surface area contributed by atoms with Crippen LogP contribution in [0.2, 0.25) is 0 Å². The summed E-state index contributed by atoms with van der Waals surface area (Å²) in [6.07, 6.45) is -1.45. The maximum absolute atomic E-state index is 14.0. The van der Waals surface area contributed by atoms with E-state index in [9.17, 15) is 9.18 Å². The van der Waals surface area contributed by atoms with Crippen LogP contribution in [-0.2, 0) is 0 Å². The maximum Gasteiger partial charge on any atom is 0.511 e. The molecule has 0 saturated heterocycles. The van der Waals surface area contributed by atoms with Gasteiger partial charge >= 0.3 is 6.16 Å². The number of carbonyl (C=O) groups is 1. The van der Waals surface area contributed by atoms with Crippen LogP contribution in [0.1, 0.15) is 0 Å². The number of nitrogens with two attached hydrogens (primary N) is 1. The molecule has 6 heteroatoms.